The Hall–Kier alpha value is -0.320. The Morgan fingerprint density at radius 2 is 1.85 bits per heavy atom. The van der Waals surface area contributed by atoms with Crippen molar-refractivity contribution in [3.63, 3.8) is 0 Å². The van der Waals surface area contributed by atoms with E-state index in [0.29, 0.717) is 0 Å². The fourth-order valence-electron chi connectivity index (χ4n) is 2.91. The molecule has 0 aromatic heterocycles. The number of halogens is 1. The van der Waals surface area contributed by atoms with E-state index in [-0.39, 0.29) is 30.3 Å². The zero-order chi connectivity index (χ0) is 14.4. The fraction of sp³-hybridized carbons (Fsp3) is 0.933. The zero-order valence-electron chi connectivity index (χ0n) is 13.4. The minimum Gasteiger partial charge on any atom is -0.355 e. The van der Waals surface area contributed by atoms with Crippen LogP contribution >= 0.6 is 12.4 Å². The van der Waals surface area contributed by atoms with Gasteiger partial charge in [-0.3, -0.25) is 4.79 Å². The smallest absolute Gasteiger partial charge is 0.237 e. The van der Waals surface area contributed by atoms with Gasteiger partial charge < -0.3 is 16.0 Å². The van der Waals surface area contributed by atoms with E-state index in [2.05, 4.69) is 24.1 Å². The summed E-state index contributed by atoms with van der Waals surface area (Å²) >= 11 is 0. The number of carbonyl (C=O) groups is 1. The van der Waals surface area contributed by atoms with Crippen LogP contribution in [0.3, 0.4) is 0 Å². The number of hydrogen-bond donors (Lipinski definition) is 2. The number of hydrogen-bond acceptors (Lipinski definition) is 3. The molecule has 5 heteroatoms. The van der Waals surface area contributed by atoms with Gasteiger partial charge in [-0.05, 0) is 37.1 Å². The van der Waals surface area contributed by atoms with Crippen molar-refractivity contribution >= 4 is 18.3 Å². The second-order valence-corrected chi connectivity index (χ2v) is 6.62. The second-order valence-electron chi connectivity index (χ2n) is 6.62. The molecule has 0 saturated carbocycles. The highest BCUT2D eigenvalue weighted by atomic mass is 35.5. The number of carbonyl (C=O) groups excluding carboxylic acids is 1. The summed E-state index contributed by atoms with van der Waals surface area (Å²) in [5.41, 5.74) is 5.80. The second kappa shape index (κ2) is 9.59. The molecule has 1 aliphatic rings. The maximum Gasteiger partial charge on any atom is 0.237 e. The molecule has 20 heavy (non-hydrogen) atoms. The van der Waals surface area contributed by atoms with Crippen molar-refractivity contribution in [2.45, 2.75) is 46.6 Å². The molecule has 0 aliphatic carbocycles. The highest BCUT2D eigenvalue weighted by Crippen LogP contribution is 2.20. The van der Waals surface area contributed by atoms with Crippen LogP contribution in [0, 0.1) is 17.8 Å². The lowest BCUT2D eigenvalue weighted by molar-refractivity contribution is -0.123. The monoisotopic (exact) mass is 305 g/mol. The van der Waals surface area contributed by atoms with E-state index in [1.165, 1.54) is 19.5 Å². The van der Waals surface area contributed by atoms with Crippen LogP contribution in [0.5, 0.6) is 0 Å². The van der Waals surface area contributed by atoms with Gasteiger partial charge in [0.05, 0.1) is 6.04 Å². The fourth-order valence-corrected chi connectivity index (χ4v) is 2.91. The first-order chi connectivity index (χ1) is 8.90. The van der Waals surface area contributed by atoms with Gasteiger partial charge in [0.1, 0.15) is 0 Å². The van der Waals surface area contributed by atoms with E-state index in [1.54, 1.807) is 0 Å². The first kappa shape index (κ1) is 19.7. The molecule has 0 spiro atoms. The van der Waals surface area contributed by atoms with Gasteiger partial charge in [-0.25, -0.2) is 0 Å². The number of amides is 1. The summed E-state index contributed by atoms with van der Waals surface area (Å²) in [6.07, 6.45) is 2.35. The van der Waals surface area contributed by atoms with Crippen molar-refractivity contribution in [1.82, 2.24) is 10.2 Å². The highest BCUT2D eigenvalue weighted by molar-refractivity contribution is 5.85. The van der Waals surface area contributed by atoms with E-state index < -0.39 is 0 Å². The maximum absolute atomic E-state index is 11.7. The molecular formula is C15H32ClN3O. The van der Waals surface area contributed by atoms with Gasteiger partial charge in [0, 0.05) is 19.6 Å². The minimum atomic E-state index is -0.380. The predicted molar refractivity (Wildman–Crippen MR) is 87.1 cm³/mol. The summed E-state index contributed by atoms with van der Waals surface area (Å²) in [6.45, 7) is 12.8. The van der Waals surface area contributed by atoms with Crippen LogP contribution in [0.25, 0.3) is 0 Å². The van der Waals surface area contributed by atoms with Crippen LogP contribution in [-0.2, 0) is 4.79 Å². The summed E-state index contributed by atoms with van der Waals surface area (Å²) in [4.78, 5) is 14.2. The average Bonchev–Trinajstić information content (AvgIpc) is 2.32. The van der Waals surface area contributed by atoms with Gasteiger partial charge in [0.15, 0.2) is 0 Å². The molecule has 1 rings (SSSR count). The van der Waals surface area contributed by atoms with Gasteiger partial charge in [0.25, 0.3) is 0 Å². The number of piperidine rings is 1. The van der Waals surface area contributed by atoms with Gasteiger partial charge in [-0.2, -0.15) is 0 Å². The Labute approximate surface area is 130 Å². The van der Waals surface area contributed by atoms with Crippen LogP contribution in [-0.4, -0.2) is 43.0 Å². The first-order valence-electron chi connectivity index (χ1n) is 7.65. The first-order valence-corrected chi connectivity index (χ1v) is 7.65. The summed E-state index contributed by atoms with van der Waals surface area (Å²) < 4.78 is 0. The zero-order valence-corrected chi connectivity index (χ0v) is 14.2. The molecule has 3 N–H and O–H groups in total. The van der Waals surface area contributed by atoms with Gasteiger partial charge in [0.2, 0.25) is 5.91 Å². The Kier molecular flexibility index (Phi) is 9.43. The van der Waals surface area contributed by atoms with E-state index in [0.717, 1.165) is 31.3 Å². The summed E-state index contributed by atoms with van der Waals surface area (Å²) in [5.74, 6) is 1.78. The molecule has 0 bridgehead atoms. The Morgan fingerprint density at radius 1 is 1.30 bits per heavy atom. The topological polar surface area (TPSA) is 58.4 Å². The molecule has 1 saturated heterocycles. The molecule has 0 aromatic rings. The third-order valence-corrected chi connectivity index (χ3v) is 3.92. The normalized spacial score (nSPS) is 25.1. The van der Waals surface area contributed by atoms with E-state index in [9.17, 15) is 4.79 Å². The molecule has 0 radical (unpaired) electrons. The van der Waals surface area contributed by atoms with Crippen molar-refractivity contribution in [1.29, 1.82) is 0 Å². The van der Waals surface area contributed by atoms with Crippen LogP contribution < -0.4 is 11.1 Å². The Balaban J connectivity index is 0.00000361. The molecular weight excluding hydrogens is 274 g/mol. The SMILES string of the molecule is CC1CC(C)CN(CCCNC(=O)[C@@H](N)C(C)C)C1.Cl. The van der Waals surface area contributed by atoms with Gasteiger partial charge in [-0.1, -0.05) is 27.7 Å². The van der Waals surface area contributed by atoms with Crippen LogP contribution in [0.1, 0.15) is 40.5 Å². The van der Waals surface area contributed by atoms with Crippen molar-refractivity contribution in [2.75, 3.05) is 26.2 Å². The third kappa shape index (κ3) is 6.91. The third-order valence-electron chi connectivity index (χ3n) is 3.92. The number of likely N-dealkylation sites (tertiary alicyclic amines) is 1. The molecule has 120 valence electrons. The van der Waals surface area contributed by atoms with Crippen LogP contribution in [0.15, 0.2) is 0 Å². The number of nitrogens with one attached hydrogen (secondary N) is 1. The van der Waals surface area contributed by atoms with E-state index in [4.69, 9.17) is 5.73 Å². The van der Waals surface area contributed by atoms with Crippen molar-refractivity contribution in [3.8, 4) is 0 Å². The van der Waals surface area contributed by atoms with Gasteiger partial charge in [-0.15, -0.1) is 12.4 Å². The minimum absolute atomic E-state index is 0. The Morgan fingerprint density at radius 3 is 2.35 bits per heavy atom. The molecule has 4 nitrogen and oxygen atoms in total. The lowest BCUT2D eigenvalue weighted by Gasteiger charge is -2.35. The van der Waals surface area contributed by atoms with Crippen molar-refractivity contribution in [3.05, 3.63) is 0 Å². The molecule has 0 aromatic carbocycles. The molecule has 1 aliphatic heterocycles. The van der Waals surface area contributed by atoms with E-state index >= 15 is 0 Å². The number of nitrogens with two attached hydrogens (primary N) is 1. The quantitative estimate of drug-likeness (QED) is 0.737. The molecule has 2 unspecified atom stereocenters. The Bertz CT molecular complexity index is 276. The summed E-state index contributed by atoms with van der Waals surface area (Å²) in [7, 11) is 0. The number of rotatable bonds is 6. The summed E-state index contributed by atoms with van der Waals surface area (Å²) in [6, 6.07) is -0.380. The lowest BCUT2D eigenvalue weighted by Crippen LogP contribution is -2.45. The maximum atomic E-state index is 11.7. The molecule has 1 amide bonds. The predicted octanol–water partition coefficient (Wildman–Crippen LogP) is 1.88. The number of nitrogens with zero attached hydrogens (tertiary/aromatic N) is 1. The molecule has 1 fully saturated rings. The van der Waals surface area contributed by atoms with Crippen molar-refractivity contribution < 1.29 is 4.79 Å². The highest BCUT2D eigenvalue weighted by Gasteiger charge is 2.21. The molecule has 3 atom stereocenters. The van der Waals surface area contributed by atoms with Crippen LogP contribution in [0.2, 0.25) is 0 Å². The van der Waals surface area contributed by atoms with Crippen molar-refractivity contribution in [2.24, 2.45) is 23.5 Å². The lowest BCUT2D eigenvalue weighted by atomic mass is 9.92. The standard InChI is InChI=1S/C15H31N3O.ClH/c1-11(2)14(16)15(19)17-6-5-7-18-9-12(3)8-13(4)10-18;/h11-14H,5-10,16H2,1-4H3,(H,17,19);1H/t12?,13?,14-;/m0./s1. The van der Waals surface area contributed by atoms with Crippen LogP contribution in [0.4, 0.5) is 0 Å². The summed E-state index contributed by atoms with van der Waals surface area (Å²) in [5, 5.41) is 2.94. The average molecular weight is 306 g/mol. The van der Waals surface area contributed by atoms with E-state index in [1.807, 2.05) is 13.8 Å². The van der Waals surface area contributed by atoms with Gasteiger partial charge >= 0.3 is 0 Å². The molecule has 1 heterocycles. The largest absolute Gasteiger partial charge is 0.355 e.